The lowest BCUT2D eigenvalue weighted by molar-refractivity contribution is -0.116. The molecule has 1 N–H and O–H groups in total. The number of halogens is 1. The van der Waals surface area contributed by atoms with Gasteiger partial charge in [-0.1, -0.05) is 36.4 Å². The summed E-state index contributed by atoms with van der Waals surface area (Å²) in [6, 6.07) is 12.5. The molecule has 0 radical (unpaired) electrons. The average molecular weight is 356 g/mol. The Morgan fingerprint density at radius 1 is 1.20 bits per heavy atom. The summed E-state index contributed by atoms with van der Waals surface area (Å²) >= 11 is 6.21. The van der Waals surface area contributed by atoms with Crippen molar-refractivity contribution >= 4 is 40.5 Å². The molecule has 2 amide bonds. The molecule has 1 aliphatic heterocycles. The molecule has 1 heterocycles. The monoisotopic (exact) mass is 355 g/mol. The van der Waals surface area contributed by atoms with Gasteiger partial charge in [0, 0.05) is 36.6 Å². The van der Waals surface area contributed by atoms with Gasteiger partial charge in [-0.05, 0) is 24.3 Å². The van der Waals surface area contributed by atoms with E-state index >= 15 is 0 Å². The molecule has 0 spiro atoms. The van der Waals surface area contributed by atoms with Gasteiger partial charge < -0.3 is 10.2 Å². The first kappa shape index (κ1) is 17.0. The van der Waals surface area contributed by atoms with Crippen molar-refractivity contribution < 1.29 is 9.59 Å². The molecule has 0 saturated carbocycles. The Morgan fingerprint density at radius 3 is 2.48 bits per heavy atom. The zero-order valence-electron chi connectivity index (χ0n) is 14.0. The maximum Gasteiger partial charge on any atom is 0.259 e. The highest BCUT2D eigenvalue weighted by atomic mass is 35.5. The molecule has 0 unspecified atom stereocenters. The first-order chi connectivity index (χ1) is 11.9. The summed E-state index contributed by atoms with van der Waals surface area (Å²) in [5, 5.41) is 3.31. The molecule has 128 valence electrons. The van der Waals surface area contributed by atoms with Crippen LogP contribution in [0.4, 0.5) is 11.4 Å². The number of anilines is 2. The SMILES string of the molecule is C=C1c2ccccc2C(=O)N1CC(=O)Nc1ccc(N(C)C)c(Cl)c1. The van der Waals surface area contributed by atoms with Crippen LogP contribution in [-0.2, 0) is 4.79 Å². The van der Waals surface area contributed by atoms with Crippen LogP contribution in [0.1, 0.15) is 15.9 Å². The number of nitrogens with one attached hydrogen (secondary N) is 1. The predicted octanol–water partition coefficient (Wildman–Crippen LogP) is 3.47. The van der Waals surface area contributed by atoms with Gasteiger partial charge in [0.2, 0.25) is 5.91 Å². The second-order valence-corrected chi connectivity index (χ2v) is 6.40. The lowest BCUT2D eigenvalue weighted by atomic mass is 10.1. The second kappa shape index (κ2) is 6.61. The molecule has 0 fully saturated rings. The van der Waals surface area contributed by atoms with E-state index in [1.807, 2.05) is 37.2 Å². The van der Waals surface area contributed by atoms with E-state index in [0.717, 1.165) is 11.3 Å². The summed E-state index contributed by atoms with van der Waals surface area (Å²) < 4.78 is 0. The second-order valence-electron chi connectivity index (χ2n) is 5.99. The normalized spacial score (nSPS) is 13.0. The lowest BCUT2D eigenvalue weighted by Gasteiger charge is -2.18. The molecule has 25 heavy (non-hydrogen) atoms. The van der Waals surface area contributed by atoms with Crippen LogP contribution >= 0.6 is 11.6 Å². The van der Waals surface area contributed by atoms with Crippen molar-refractivity contribution in [1.82, 2.24) is 4.90 Å². The van der Waals surface area contributed by atoms with Gasteiger partial charge in [0.05, 0.1) is 10.7 Å². The highest BCUT2D eigenvalue weighted by Gasteiger charge is 2.31. The summed E-state index contributed by atoms with van der Waals surface area (Å²) in [7, 11) is 3.78. The van der Waals surface area contributed by atoms with Crippen LogP contribution in [-0.4, -0.2) is 37.4 Å². The molecule has 1 aliphatic rings. The number of nitrogens with zero attached hydrogens (tertiary/aromatic N) is 2. The number of carbonyl (C=O) groups is 2. The third kappa shape index (κ3) is 3.23. The maximum atomic E-state index is 12.4. The van der Waals surface area contributed by atoms with Gasteiger partial charge in [0.15, 0.2) is 0 Å². The summed E-state index contributed by atoms with van der Waals surface area (Å²) in [5.74, 6) is -0.521. The van der Waals surface area contributed by atoms with E-state index in [9.17, 15) is 9.59 Å². The number of hydrogen-bond acceptors (Lipinski definition) is 3. The number of fused-ring (bicyclic) bond motifs is 1. The smallest absolute Gasteiger partial charge is 0.259 e. The van der Waals surface area contributed by atoms with E-state index in [1.165, 1.54) is 4.90 Å². The Kier molecular flexibility index (Phi) is 4.51. The van der Waals surface area contributed by atoms with Crippen LogP contribution in [0.3, 0.4) is 0 Å². The Hall–Kier alpha value is -2.79. The van der Waals surface area contributed by atoms with Crippen molar-refractivity contribution in [3.8, 4) is 0 Å². The minimum absolute atomic E-state index is 0.0978. The van der Waals surface area contributed by atoms with E-state index in [0.29, 0.717) is 22.0 Å². The van der Waals surface area contributed by atoms with Crippen LogP contribution in [0.2, 0.25) is 5.02 Å². The topological polar surface area (TPSA) is 52.7 Å². The Morgan fingerprint density at radius 2 is 1.88 bits per heavy atom. The van der Waals surface area contributed by atoms with Gasteiger partial charge in [0.1, 0.15) is 6.54 Å². The fraction of sp³-hybridized carbons (Fsp3) is 0.158. The van der Waals surface area contributed by atoms with Crippen LogP contribution in [0.25, 0.3) is 5.70 Å². The fourth-order valence-corrected chi connectivity index (χ4v) is 3.14. The Balaban J connectivity index is 1.71. The van der Waals surface area contributed by atoms with Crippen LogP contribution in [0.5, 0.6) is 0 Å². The van der Waals surface area contributed by atoms with Crippen LogP contribution < -0.4 is 10.2 Å². The molecular weight excluding hydrogens is 338 g/mol. The van der Waals surface area contributed by atoms with E-state index in [4.69, 9.17) is 11.6 Å². The molecule has 5 nitrogen and oxygen atoms in total. The summed E-state index contributed by atoms with van der Waals surface area (Å²) in [5.41, 5.74) is 3.31. The van der Waals surface area contributed by atoms with Crippen molar-refractivity contribution in [3.05, 3.63) is 65.2 Å². The molecule has 0 aromatic heterocycles. The Labute approximate surface area is 151 Å². The van der Waals surface area contributed by atoms with Crippen molar-refractivity contribution in [2.75, 3.05) is 30.9 Å². The Bertz CT molecular complexity index is 842. The van der Waals surface area contributed by atoms with Crippen molar-refractivity contribution in [2.45, 2.75) is 0 Å². The third-order valence-corrected chi connectivity index (χ3v) is 4.36. The molecule has 0 bridgehead atoms. The van der Waals surface area contributed by atoms with Gasteiger partial charge in [0.25, 0.3) is 5.91 Å². The first-order valence-corrected chi connectivity index (χ1v) is 8.13. The first-order valence-electron chi connectivity index (χ1n) is 7.75. The molecule has 0 saturated heterocycles. The number of amides is 2. The predicted molar refractivity (Wildman–Crippen MR) is 101 cm³/mol. The molecule has 2 aromatic carbocycles. The zero-order chi connectivity index (χ0) is 18.1. The van der Waals surface area contributed by atoms with E-state index in [1.54, 1.807) is 24.3 Å². The molecular formula is C19H18ClN3O2. The largest absolute Gasteiger partial charge is 0.376 e. The zero-order valence-corrected chi connectivity index (χ0v) is 14.8. The van der Waals surface area contributed by atoms with Gasteiger partial charge in [-0.3, -0.25) is 14.5 Å². The van der Waals surface area contributed by atoms with Gasteiger partial charge >= 0.3 is 0 Å². The van der Waals surface area contributed by atoms with Gasteiger partial charge in [-0.25, -0.2) is 0 Å². The number of benzene rings is 2. The van der Waals surface area contributed by atoms with E-state index in [2.05, 4.69) is 11.9 Å². The molecule has 6 heteroatoms. The number of carbonyl (C=O) groups excluding carboxylic acids is 2. The highest BCUT2D eigenvalue weighted by molar-refractivity contribution is 6.33. The molecule has 0 atom stereocenters. The number of rotatable bonds is 4. The maximum absolute atomic E-state index is 12.4. The summed E-state index contributed by atoms with van der Waals surface area (Å²) in [6.45, 7) is 3.83. The minimum atomic E-state index is -0.309. The summed E-state index contributed by atoms with van der Waals surface area (Å²) in [6.07, 6.45) is 0. The summed E-state index contributed by atoms with van der Waals surface area (Å²) in [4.78, 5) is 28.0. The van der Waals surface area contributed by atoms with E-state index in [-0.39, 0.29) is 18.4 Å². The molecule has 0 aliphatic carbocycles. The van der Waals surface area contributed by atoms with Crippen LogP contribution in [0.15, 0.2) is 49.0 Å². The van der Waals surface area contributed by atoms with Crippen LogP contribution in [0, 0.1) is 0 Å². The molecule has 3 rings (SSSR count). The highest BCUT2D eigenvalue weighted by Crippen LogP contribution is 2.31. The molecule has 2 aromatic rings. The lowest BCUT2D eigenvalue weighted by Crippen LogP contribution is -2.32. The van der Waals surface area contributed by atoms with E-state index < -0.39 is 0 Å². The number of hydrogen-bond donors (Lipinski definition) is 1. The van der Waals surface area contributed by atoms with Crippen molar-refractivity contribution in [3.63, 3.8) is 0 Å². The van der Waals surface area contributed by atoms with Gasteiger partial charge in [-0.15, -0.1) is 0 Å². The van der Waals surface area contributed by atoms with Gasteiger partial charge in [-0.2, -0.15) is 0 Å². The fourth-order valence-electron chi connectivity index (χ4n) is 2.79. The third-order valence-electron chi connectivity index (χ3n) is 4.05. The standard InChI is InChI=1S/C19H18ClN3O2/c1-12-14-6-4-5-7-15(14)19(25)23(12)11-18(24)21-13-8-9-17(22(2)3)16(20)10-13/h4-10H,1,11H2,2-3H3,(H,21,24). The van der Waals surface area contributed by atoms with Crippen molar-refractivity contribution in [1.29, 1.82) is 0 Å². The van der Waals surface area contributed by atoms with Crippen molar-refractivity contribution in [2.24, 2.45) is 0 Å². The quantitative estimate of drug-likeness (QED) is 0.913. The minimum Gasteiger partial charge on any atom is -0.376 e. The average Bonchev–Trinajstić information content (AvgIpc) is 2.80.